The van der Waals surface area contributed by atoms with Crippen LogP contribution in [0.2, 0.25) is 15.1 Å². The van der Waals surface area contributed by atoms with Crippen molar-refractivity contribution in [3.8, 4) is 5.75 Å². The summed E-state index contributed by atoms with van der Waals surface area (Å²) in [5, 5.41) is 1.55. The quantitative estimate of drug-likeness (QED) is 0.706. The second kappa shape index (κ2) is 6.23. The first-order chi connectivity index (χ1) is 8.97. The monoisotopic (exact) mass is 379 g/mol. The van der Waals surface area contributed by atoms with Crippen molar-refractivity contribution in [2.75, 3.05) is 5.73 Å². The Kier molecular flexibility index (Phi) is 4.85. The fourth-order valence-electron chi connectivity index (χ4n) is 1.52. The Morgan fingerprint density at radius 2 is 1.79 bits per heavy atom. The third kappa shape index (κ3) is 3.69. The van der Waals surface area contributed by atoms with Gasteiger partial charge in [-0.05, 0) is 45.8 Å². The number of hydrogen-bond donors (Lipinski definition) is 1. The average Bonchev–Trinajstić information content (AvgIpc) is 2.32. The lowest BCUT2D eigenvalue weighted by Gasteiger charge is -2.11. The van der Waals surface area contributed by atoms with Gasteiger partial charge in [-0.25, -0.2) is 0 Å². The van der Waals surface area contributed by atoms with Gasteiger partial charge in [-0.2, -0.15) is 0 Å². The summed E-state index contributed by atoms with van der Waals surface area (Å²) >= 11 is 21.0. The van der Waals surface area contributed by atoms with Crippen LogP contribution in [0.1, 0.15) is 5.56 Å². The molecule has 0 amide bonds. The molecule has 0 heterocycles. The number of nitrogens with two attached hydrogens (primary N) is 1. The lowest BCUT2D eigenvalue weighted by Crippen LogP contribution is -1.99. The second-order valence-electron chi connectivity index (χ2n) is 3.84. The van der Waals surface area contributed by atoms with Crippen molar-refractivity contribution in [2.45, 2.75) is 6.61 Å². The Balaban J connectivity index is 2.16. The summed E-state index contributed by atoms with van der Waals surface area (Å²) in [5.41, 5.74) is 7.22. The number of halogens is 4. The minimum absolute atomic E-state index is 0.335. The predicted octanol–water partition coefficient (Wildman–Crippen LogP) is 5.57. The van der Waals surface area contributed by atoms with E-state index >= 15 is 0 Å². The van der Waals surface area contributed by atoms with E-state index in [1.165, 1.54) is 0 Å². The molecule has 0 aliphatic heterocycles. The zero-order valence-corrected chi connectivity index (χ0v) is 13.4. The molecule has 2 nitrogen and oxygen atoms in total. The van der Waals surface area contributed by atoms with Gasteiger partial charge in [-0.15, -0.1) is 0 Å². The number of rotatable bonds is 3. The molecular weight excluding hydrogens is 372 g/mol. The molecule has 2 aromatic carbocycles. The van der Waals surface area contributed by atoms with Gasteiger partial charge in [0.05, 0.1) is 20.2 Å². The molecule has 0 fully saturated rings. The molecular formula is C13H9BrCl3NO. The maximum absolute atomic E-state index is 5.94. The predicted molar refractivity (Wildman–Crippen MR) is 84.4 cm³/mol. The Hall–Kier alpha value is -0.610. The van der Waals surface area contributed by atoms with Crippen LogP contribution in [0, 0.1) is 0 Å². The van der Waals surface area contributed by atoms with Crippen LogP contribution in [-0.4, -0.2) is 0 Å². The molecule has 0 radical (unpaired) electrons. The van der Waals surface area contributed by atoms with Crippen molar-refractivity contribution in [1.82, 2.24) is 0 Å². The van der Waals surface area contributed by atoms with Crippen molar-refractivity contribution < 1.29 is 4.74 Å². The van der Waals surface area contributed by atoms with Crippen molar-refractivity contribution in [2.24, 2.45) is 0 Å². The Morgan fingerprint density at radius 3 is 2.42 bits per heavy atom. The third-order valence-electron chi connectivity index (χ3n) is 2.40. The van der Waals surface area contributed by atoms with Crippen LogP contribution in [0.3, 0.4) is 0 Å². The first-order valence-corrected chi connectivity index (χ1v) is 7.21. The number of benzene rings is 2. The number of anilines is 1. The molecule has 0 saturated carbocycles. The molecule has 19 heavy (non-hydrogen) atoms. The number of hydrogen-bond acceptors (Lipinski definition) is 2. The molecule has 0 unspecified atom stereocenters. The zero-order valence-electron chi connectivity index (χ0n) is 9.59. The van der Waals surface area contributed by atoms with E-state index in [4.69, 9.17) is 45.3 Å². The Bertz CT molecular complexity index is 596. The molecule has 0 atom stereocenters. The Labute approximate surface area is 134 Å². The maximum atomic E-state index is 5.94. The Morgan fingerprint density at radius 1 is 1.05 bits per heavy atom. The van der Waals surface area contributed by atoms with Crippen molar-refractivity contribution in [3.05, 3.63) is 55.4 Å². The smallest absolute Gasteiger partial charge is 0.156 e. The lowest BCUT2D eigenvalue weighted by atomic mass is 10.2. The molecule has 100 valence electrons. The summed E-state index contributed by atoms with van der Waals surface area (Å²) in [7, 11) is 0. The van der Waals surface area contributed by atoms with Gasteiger partial charge in [-0.1, -0.05) is 40.9 Å². The standard InChI is InChI=1S/C13H9BrCl3NO/c14-9-4-8(15)5-12(18)13(9)19-6-7-1-2-10(16)11(17)3-7/h1-5H,6,18H2. The van der Waals surface area contributed by atoms with E-state index in [-0.39, 0.29) is 0 Å². The second-order valence-corrected chi connectivity index (χ2v) is 5.95. The maximum Gasteiger partial charge on any atom is 0.156 e. The SMILES string of the molecule is Nc1cc(Cl)cc(Br)c1OCc1ccc(Cl)c(Cl)c1. The van der Waals surface area contributed by atoms with Crippen LogP contribution in [0.25, 0.3) is 0 Å². The zero-order chi connectivity index (χ0) is 14.0. The normalized spacial score (nSPS) is 10.5. The molecule has 0 bridgehead atoms. The molecule has 0 aliphatic carbocycles. The summed E-state index contributed by atoms with van der Waals surface area (Å²) in [4.78, 5) is 0. The summed E-state index contributed by atoms with van der Waals surface area (Å²) in [5.74, 6) is 0.551. The van der Waals surface area contributed by atoms with Crippen LogP contribution >= 0.6 is 50.7 Å². The van der Waals surface area contributed by atoms with Crippen LogP contribution < -0.4 is 10.5 Å². The molecule has 2 N–H and O–H groups in total. The minimum Gasteiger partial charge on any atom is -0.486 e. The molecule has 0 saturated heterocycles. The van der Waals surface area contributed by atoms with Gasteiger partial charge in [0.2, 0.25) is 0 Å². The molecule has 0 aliphatic rings. The van der Waals surface area contributed by atoms with E-state index in [2.05, 4.69) is 15.9 Å². The molecule has 0 spiro atoms. The van der Waals surface area contributed by atoms with E-state index in [1.807, 2.05) is 6.07 Å². The summed E-state index contributed by atoms with van der Waals surface area (Å²) < 4.78 is 6.38. The molecule has 2 rings (SSSR count). The first-order valence-electron chi connectivity index (χ1n) is 5.28. The van der Waals surface area contributed by atoms with Gasteiger partial charge >= 0.3 is 0 Å². The fraction of sp³-hybridized carbons (Fsp3) is 0.0769. The van der Waals surface area contributed by atoms with E-state index < -0.39 is 0 Å². The number of ether oxygens (including phenoxy) is 1. The van der Waals surface area contributed by atoms with Crippen LogP contribution in [0.5, 0.6) is 5.75 Å². The van der Waals surface area contributed by atoms with Gasteiger partial charge < -0.3 is 10.5 Å². The highest BCUT2D eigenvalue weighted by Gasteiger charge is 2.08. The van der Waals surface area contributed by atoms with Gasteiger partial charge in [0.25, 0.3) is 0 Å². The third-order valence-corrected chi connectivity index (χ3v) is 3.95. The fourth-order valence-corrected chi connectivity index (χ4v) is 2.79. The number of nitrogen functional groups attached to an aromatic ring is 1. The molecule has 6 heteroatoms. The largest absolute Gasteiger partial charge is 0.486 e. The van der Waals surface area contributed by atoms with E-state index in [0.29, 0.717) is 37.6 Å². The van der Waals surface area contributed by atoms with Gasteiger partial charge in [0, 0.05) is 5.02 Å². The van der Waals surface area contributed by atoms with E-state index in [0.717, 1.165) is 5.56 Å². The summed E-state index contributed by atoms with van der Waals surface area (Å²) in [6.07, 6.45) is 0. The van der Waals surface area contributed by atoms with Gasteiger partial charge in [0.15, 0.2) is 5.75 Å². The highest BCUT2D eigenvalue weighted by Crippen LogP contribution is 2.35. The minimum atomic E-state index is 0.335. The first kappa shape index (κ1) is 14.8. The topological polar surface area (TPSA) is 35.2 Å². The molecule has 0 aromatic heterocycles. The van der Waals surface area contributed by atoms with Gasteiger partial charge in [0.1, 0.15) is 6.61 Å². The highest BCUT2D eigenvalue weighted by molar-refractivity contribution is 9.10. The lowest BCUT2D eigenvalue weighted by molar-refractivity contribution is 0.306. The highest BCUT2D eigenvalue weighted by atomic mass is 79.9. The average molecular weight is 381 g/mol. The van der Waals surface area contributed by atoms with E-state index in [1.54, 1.807) is 24.3 Å². The summed E-state index contributed by atoms with van der Waals surface area (Å²) in [6.45, 7) is 0.335. The van der Waals surface area contributed by atoms with Crippen LogP contribution in [-0.2, 0) is 6.61 Å². The van der Waals surface area contributed by atoms with Crippen molar-refractivity contribution in [3.63, 3.8) is 0 Å². The molecule has 2 aromatic rings. The van der Waals surface area contributed by atoms with Crippen molar-refractivity contribution in [1.29, 1.82) is 0 Å². The van der Waals surface area contributed by atoms with Gasteiger partial charge in [-0.3, -0.25) is 0 Å². The summed E-state index contributed by atoms with van der Waals surface area (Å²) in [6, 6.07) is 8.68. The van der Waals surface area contributed by atoms with Crippen LogP contribution in [0.4, 0.5) is 5.69 Å². The van der Waals surface area contributed by atoms with Crippen molar-refractivity contribution >= 4 is 56.4 Å². The van der Waals surface area contributed by atoms with Crippen LogP contribution in [0.15, 0.2) is 34.8 Å². The van der Waals surface area contributed by atoms with E-state index in [9.17, 15) is 0 Å².